The SMILES string of the molecule is O=C1NCC(=O)N2C[C@@H](n3ccnc3-c3cnc(NCc4ccccc4)nc3)C[C@@H]12. The molecule has 9 heteroatoms. The highest BCUT2D eigenvalue weighted by Gasteiger charge is 2.43. The number of anilines is 1. The summed E-state index contributed by atoms with van der Waals surface area (Å²) in [7, 11) is 0. The lowest BCUT2D eigenvalue weighted by molar-refractivity contribution is -0.143. The van der Waals surface area contributed by atoms with Crippen LogP contribution in [-0.2, 0) is 16.1 Å². The highest BCUT2D eigenvalue weighted by Crippen LogP contribution is 2.32. The van der Waals surface area contributed by atoms with E-state index in [0.29, 0.717) is 25.5 Å². The Bertz CT molecular complexity index is 1040. The molecule has 2 amide bonds. The molecule has 30 heavy (non-hydrogen) atoms. The normalized spacial score (nSPS) is 20.7. The number of nitrogens with one attached hydrogen (secondary N) is 2. The van der Waals surface area contributed by atoms with Gasteiger partial charge in [-0.3, -0.25) is 9.59 Å². The third-order valence-electron chi connectivity index (χ3n) is 5.58. The fraction of sp³-hybridized carbons (Fsp3) is 0.286. The third kappa shape index (κ3) is 3.38. The lowest BCUT2D eigenvalue weighted by Crippen LogP contribution is -2.55. The number of nitrogens with zero attached hydrogens (tertiary/aromatic N) is 5. The van der Waals surface area contributed by atoms with Crippen molar-refractivity contribution in [2.75, 3.05) is 18.4 Å². The van der Waals surface area contributed by atoms with Gasteiger partial charge in [0.05, 0.1) is 18.2 Å². The average Bonchev–Trinajstić information content (AvgIpc) is 3.44. The number of carbonyl (C=O) groups excluding carboxylic acids is 2. The maximum atomic E-state index is 12.2. The van der Waals surface area contributed by atoms with Crippen LogP contribution in [0, 0.1) is 0 Å². The molecule has 152 valence electrons. The van der Waals surface area contributed by atoms with Gasteiger partial charge < -0.3 is 20.1 Å². The first-order valence-electron chi connectivity index (χ1n) is 9.89. The van der Waals surface area contributed by atoms with Crippen molar-refractivity contribution in [1.82, 2.24) is 29.7 Å². The Morgan fingerprint density at radius 1 is 1.10 bits per heavy atom. The van der Waals surface area contributed by atoms with Crippen molar-refractivity contribution in [2.45, 2.75) is 25.0 Å². The number of rotatable bonds is 5. The summed E-state index contributed by atoms with van der Waals surface area (Å²) in [5, 5.41) is 5.87. The van der Waals surface area contributed by atoms with E-state index in [1.54, 1.807) is 23.5 Å². The van der Waals surface area contributed by atoms with Gasteiger partial charge in [-0.25, -0.2) is 15.0 Å². The van der Waals surface area contributed by atoms with Gasteiger partial charge in [-0.05, 0) is 12.0 Å². The van der Waals surface area contributed by atoms with Gasteiger partial charge in [0, 0.05) is 37.9 Å². The van der Waals surface area contributed by atoms with E-state index in [9.17, 15) is 9.59 Å². The van der Waals surface area contributed by atoms with Crippen LogP contribution >= 0.6 is 0 Å². The molecule has 4 heterocycles. The van der Waals surface area contributed by atoms with Gasteiger partial charge in [-0.2, -0.15) is 0 Å². The number of fused-ring (bicyclic) bond motifs is 1. The van der Waals surface area contributed by atoms with Crippen LogP contribution in [0.15, 0.2) is 55.1 Å². The van der Waals surface area contributed by atoms with Gasteiger partial charge in [0.25, 0.3) is 0 Å². The molecule has 0 radical (unpaired) electrons. The second-order valence-electron chi connectivity index (χ2n) is 7.46. The largest absolute Gasteiger partial charge is 0.350 e. The van der Waals surface area contributed by atoms with Crippen LogP contribution in [0.5, 0.6) is 0 Å². The number of aromatic nitrogens is 4. The maximum absolute atomic E-state index is 12.2. The van der Waals surface area contributed by atoms with E-state index in [2.05, 4.69) is 25.6 Å². The molecule has 2 aliphatic heterocycles. The van der Waals surface area contributed by atoms with E-state index in [1.165, 1.54) is 0 Å². The van der Waals surface area contributed by atoms with Crippen LogP contribution < -0.4 is 10.6 Å². The van der Waals surface area contributed by atoms with Gasteiger partial charge in [-0.15, -0.1) is 0 Å². The zero-order valence-electron chi connectivity index (χ0n) is 16.2. The summed E-state index contributed by atoms with van der Waals surface area (Å²) < 4.78 is 2.01. The molecule has 2 atom stereocenters. The molecule has 0 unspecified atom stereocenters. The molecule has 0 aliphatic carbocycles. The minimum Gasteiger partial charge on any atom is -0.350 e. The number of hydrogen-bond acceptors (Lipinski definition) is 6. The van der Waals surface area contributed by atoms with Gasteiger partial charge in [0.1, 0.15) is 11.9 Å². The fourth-order valence-corrected chi connectivity index (χ4v) is 4.06. The highest BCUT2D eigenvalue weighted by molar-refractivity contribution is 5.95. The van der Waals surface area contributed by atoms with Crippen molar-refractivity contribution in [3.05, 3.63) is 60.7 Å². The standard InChI is InChI=1S/C21H21N7O2/c29-18-12-23-20(30)17-8-16(13-28(17)18)27-7-6-22-19(27)15-10-25-21(26-11-15)24-9-14-4-2-1-3-5-14/h1-7,10-11,16-17H,8-9,12-13H2,(H,23,30)(H,24,25,26)/t16-,17-/m0/s1. The molecular formula is C21H21N7O2. The van der Waals surface area contributed by atoms with Crippen LogP contribution in [0.2, 0.25) is 0 Å². The second kappa shape index (κ2) is 7.58. The number of imidazole rings is 1. The smallest absolute Gasteiger partial charge is 0.243 e. The summed E-state index contributed by atoms with van der Waals surface area (Å²) in [6.07, 6.45) is 7.63. The first-order chi connectivity index (χ1) is 14.7. The predicted octanol–water partition coefficient (Wildman–Crippen LogP) is 1.22. The zero-order valence-corrected chi connectivity index (χ0v) is 16.2. The first-order valence-corrected chi connectivity index (χ1v) is 9.89. The molecule has 0 saturated carbocycles. The molecule has 5 rings (SSSR count). The van der Waals surface area contributed by atoms with Crippen molar-refractivity contribution in [1.29, 1.82) is 0 Å². The number of piperazine rings is 1. The van der Waals surface area contributed by atoms with E-state index >= 15 is 0 Å². The quantitative estimate of drug-likeness (QED) is 0.664. The lowest BCUT2D eigenvalue weighted by Gasteiger charge is -2.28. The topological polar surface area (TPSA) is 105 Å². The summed E-state index contributed by atoms with van der Waals surface area (Å²) in [6, 6.07) is 9.62. The van der Waals surface area contributed by atoms with Crippen LogP contribution in [-0.4, -0.2) is 55.4 Å². The van der Waals surface area contributed by atoms with E-state index in [4.69, 9.17) is 0 Å². The molecule has 1 aromatic carbocycles. The molecular weight excluding hydrogens is 382 g/mol. The van der Waals surface area contributed by atoms with E-state index < -0.39 is 6.04 Å². The molecule has 3 aromatic rings. The Kier molecular flexibility index (Phi) is 4.62. The Morgan fingerprint density at radius 2 is 1.90 bits per heavy atom. The highest BCUT2D eigenvalue weighted by atomic mass is 16.2. The van der Waals surface area contributed by atoms with Crippen molar-refractivity contribution >= 4 is 17.8 Å². The number of hydrogen-bond donors (Lipinski definition) is 2. The molecule has 2 fully saturated rings. The Balaban J connectivity index is 1.31. The predicted molar refractivity (Wildman–Crippen MR) is 109 cm³/mol. The van der Waals surface area contributed by atoms with Crippen molar-refractivity contribution in [3.63, 3.8) is 0 Å². The van der Waals surface area contributed by atoms with Crippen LogP contribution in [0.4, 0.5) is 5.95 Å². The lowest BCUT2D eigenvalue weighted by atomic mass is 10.1. The summed E-state index contributed by atoms with van der Waals surface area (Å²) in [5.74, 6) is 1.14. The molecule has 0 bridgehead atoms. The Labute approximate surface area is 173 Å². The number of amides is 2. The maximum Gasteiger partial charge on any atom is 0.243 e. The number of benzene rings is 1. The Hall–Kier alpha value is -3.75. The summed E-state index contributed by atoms with van der Waals surface area (Å²) in [4.78, 5) is 39.2. The fourth-order valence-electron chi connectivity index (χ4n) is 4.06. The minimum absolute atomic E-state index is 0.0174. The van der Waals surface area contributed by atoms with E-state index in [-0.39, 0.29) is 24.4 Å². The molecule has 2 aromatic heterocycles. The molecule has 9 nitrogen and oxygen atoms in total. The van der Waals surface area contributed by atoms with Gasteiger partial charge >= 0.3 is 0 Å². The Morgan fingerprint density at radius 3 is 2.67 bits per heavy atom. The summed E-state index contributed by atoms with van der Waals surface area (Å²) >= 11 is 0. The summed E-state index contributed by atoms with van der Waals surface area (Å²) in [5.41, 5.74) is 1.93. The van der Waals surface area contributed by atoms with Crippen LogP contribution in [0.1, 0.15) is 18.0 Å². The van der Waals surface area contributed by atoms with E-state index in [0.717, 1.165) is 17.0 Å². The summed E-state index contributed by atoms with van der Waals surface area (Å²) in [6.45, 7) is 1.21. The van der Waals surface area contributed by atoms with Crippen molar-refractivity contribution in [3.8, 4) is 11.4 Å². The van der Waals surface area contributed by atoms with Gasteiger partial charge in [-0.1, -0.05) is 30.3 Å². The van der Waals surface area contributed by atoms with E-state index in [1.807, 2.05) is 41.1 Å². The third-order valence-corrected chi connectivity index (χ3v) is 5.58. The monoisotopic (exact) mass is 403 g/mol. The van der Waals surface area contributed by atoms with Gasteiger partial charge in [0.15, 0.2) is 0 Å². The zero-order chi connectivity index (χ0) is 20.5. The van der Waals surface area contributed by atoms with Crippen LogP contribution in [0.3, 0.4) is 0 Å². The molecule has 2 saturated heterocycles. The molecule has 0 spiro atoms. The minimum atomic E-state index is -0.410. The van der Waals surface area contributed by atoms with Crippen LogP contribution in [0.25, 0.3) is 11.4 Å². The molecule has 2 aliphatic rings. The number of carbonyl (C=O) groups is 2. The first kappa shape index (κ1) is 18.3. The average molecular weight is 403 g/mol. The van der Waals surface area contributed by atoms with Crippen molar-refractivity contribution in [2.24, 2.45) is 0 Å². The van der Waals surface area contributed by atoms with Crippen molar-refractivity contribution < 1.29 is 9.59 Å². The second-order valence-corrected chi connectivity index (χ2v) is 7.46. The van der Waals surface area contributed by atoms with Gasteiger partial charge in [0.2, 0.25) is 17.8 Å². The molecule has 2 N–H and O–H groups in total.